The quantitative estimate of drug-likeness (QED) is 0.885. The molecule has 1 aliphatic rings. The van der Waals surface area contributed by atoms with Gasteiger partial charge in [-0.15, -0.1) is 0 Å². The van der Waals surface area contributed by atoms with Crippen LogP contribution >= 0.6 is 0 Å². The average molecular weight is 261 g/mol. The molecule has 0 saturated carbocycles. The monoisotopic (exact) mass is 261 g/mol. The van der Waals surface area contributed by atoms with Gasteiger partial charge in [0.05, 0.1) is 6.61 Å². The van der Waals surface area contributed by atoms with Gasteiger partial charge in [0.2, 0.25) is 5.91 Å². The molecule has 19 heavy (non-hydrogen) atoms. The van der Waals surface area contributed by atoms with Crippen molar-refractivity contribution in [2.75, 3.05) is 6.61 Å². The van der Waals surface area contributed by atoms with Gasteiger partial charge in [-0.1, -0.05) is 26.0 Å². The van der Waals surface area contributed by atoms with Crippen LogP contribution < -0.4 is 10.1 Å². The predicted molar refractivity (Wildman–Crippen MR) is 76.3 cm³/mol. The van der Waals surface area contributed by atoms with Crippen LogP contribution in [0.2, 0.25) is 0 Å². The van der Waals surface area contributed by atoms with Crippen molar-refractivity contribution in [3.05, 3.63) is 29.8 Å². The van der Waals surface area contributed by atoms with Gasteiger partial charge in [-0.05, 0) is 43.4 Å². The third-order valence-electron chi connectivity index (χ3n) is 4.02. The van der Waals surface area contributed by atoms with Crippen LogP contribution in [0.3, 0.4) is 0 Å². The zero-order valence-corrected chi connectivity index (χ0v) is 12.0. The molecule has 1 unspecified atom stereocenters. The molecule has 0 bridgehead atoms. The van der Waals surface area contributed by atoms with Gasteiger partial charge in [0.15, 0.2) is 0 Å². The minimum absolute atomic E-state index is 0.0953. The van der Waals surface area contributed by atoms with Crippen molar-refractivity contribution >= 4 is 5.91 Å². The highest BCUT2D eigenvalue weighted by Crippen LogP contribution is 2.32. The first-order chi connectivity index (χ1) is 9.05. The summed E-state index contributed by atoms with van der Waals surface area (Å²) in [6.45, 7) is 7.02. The Morgan fingerprint density at radius 1 is 1.42 bits per heavy atom. The summed E-state index contributed by atoms with van der Waals surface area (Å²) in [5, 5.41) is 3.19. The summed E-state index contributed by atoms with van der Waals surface area (Å²) in [4.78, 5) is 11.6. The second-order valence-corrected chi connectivity index (χ2v) is 5.62. The molecule has 1 heterocycles. The van der Waals surface area contributed by atoms with Gasteiger partial charge in [-0.3, -0.25) is 4.79 Å². The Balaban J connectivity index is 2.18. The van der Waals surface area contributed by atoms with Crippen molar-refractivity contribution in [3.8, 4) is 5.75 Å². The van der Waals surface area contributed by atoms with Gasteiger partial charge in [-0.2, -0.15) is 0 Å². The van der Waals surface area contributed by atoms with Crippen LogP contribution in [0, 0.1) is 5.92 Å². The lowest BCUT2D eigenvalue weighted by Crippen LogP contribution is -2.48. The fraction of sp³-hybridized carbons (Fsp3) is 0.562. The molecule has 1 saturated heterocycles. The van der Waals surface area contributed by atoms with Crippen LogP contribution in [0.15, 0.2) is 24.3 Å². The molecule has 0 aliphatic carbocycles. The Labute approximate surface area is 115 Å². The van der Waals surface area contributed by atoms with Crippen LogP contribution in [0.25, 0.3) is 0 Å². The maximum atomic E-state index is 11.6. The summed E-state index contributed by atoms with van der Waals surface area (Å²) in [6.07, 6.45) is 2.43. The molecule has 0 spiro atoms. The topological polar surface area (TPSA) is 38.3 Å². The molecule has 1 amide bonds. The predicted octanol–water partition coefficient (Wildman–Crippen LogP) is 2.93. The first kappa shape index (κ1) is 13.9. The summed E-state index contributed by atoms with van der Waals surface area (Å²) < 4.78 is 5.54. The second-order valence-electron chi connectivity index (χ2n) is 5.62. The number of benzene rings is 1. The lowest BCUT2D eigenvalue weighted by molar-refractivity contribution is -0.120. The Morgan fingerprint density at radius 2 is 2.21 bits per heavy atom. The third-order valence-corrected chi connectivity index (χ3v) is 4.02. The summed E-state index contributed by atoms with van der Waals surface area (Å²) in [6, 6.07) is 8.18. The van der Waals surface area contributed by atoms with Crippen LogP contribution in [0.4, 0.5) is 0 Å². The van der Waals surface area contributed by atoms with E-state index in [0.29, 0.717) is 18.9 Å². The average Bonchev–Trinajstić information content (AvgIpc) is 2.73. The molecular weight excluding hydrogens is 238 g/mol. The fourth-order valence-corrected chi connectivity index (χ4v) is 2.79. The molecule has 1 atom stereocenters. The number of carbonyl (C=O) groups excluding carboxylic acids is 1. The van der Waals surface area contributed by atoms with Crippen molar-refractivity contribution in [3.63, 3.8) is 0 Å². The lowest BCUT2D eigenvalue weighted by atomic mass is 9.80. The van der Waals surface area contributed by atoms with E-state index < -0.39 is 0 Å². The smallest absolute Gasteiger partial charge is 0.220 e. The van der Waals surface area contributed by atoms with Gasteiger partial charge in [0, 0.05) is 12.0 Å². The molecular formula is C16H23NO2. The Morgan fingerprint density at radius 3 is 2.79 bits per heavy atom. The highest BCUT2D eigenvalue weighted by molar-refractivity contribution is 5.79. The van der Waals surface area contributed by atoms with E-state index in [4.69, 9.17) is 4.74 Å². The van der Waals surface area contributed by atoms with Gasteiger partial charge in [0.25, 0.3) is 0 Å². The normalized spacial score (nSPS) is 22.6. The standard InChI is InChI=1S/C16H23NO2/c1-4-19-14-7-5-6-13(10-14)11-16(12(2)3)9-8-15(18)17-16/h5-7,10,12H,4,8-9,11H2,1-3H3,(H,17,18). The van der Waals surface area contributed by atoms with Crippen molar-refractivity contribution in [1.82, 2.24) is 5.32 Å². The van der Waals surface area contributed by atoms with Crippen molar-refractivity contribution < 1.29 is 9.53 Å². The van der Waals surface area contributed by atoms with Gasteiger partial charge >= 0.3 is 0 Å². The van der Waals surface area contributed by atoms with E-state index in [9.17, 15) is 4.79 Å². The molecule has 3 heteroatoms. The highest BCUT2D eigenvalue weighted by atomic mass is 16.5. The summed E-state index contributed by atoms with van der Waals surface area (Å²) in [7, 11) is 0. The van der Waals surface area contributed by atoms with Gasteiger partial charge in [0.1, 0.15) is 5.75 Å². The van der Waals surface area contributed by atoms with Crippen LogP contribution in [0.1, 0.15) is 39.2 Å². The number of hydrogen-bond donors (Lipinski definition) is 1. The van der Waals surface area contributed by atoms with E-state index in [2.05, 4.69) is 31.3 Å². The van der Waals surface area contributed by atoms with Crippen LogP contribution in [0.5, 0.6) is 5.75 Å². The Kier molecular flexibility index (Phi) is 4.13. The number of amides is 1. The largest absolute Gasteiger partial charge is 0.494 e. The van der Waals surface area contributed by atoms with E-state index >= 15 is 0 Å². The molecule has 1 N–H and O–H groups in total. The molecule has 1 aromatic rings. The van der Waals surface area contributed by atoms with Crippen LogP contribution in [-0.4, -0.2) is 18.1 Å². The Bertz CT molecular complexity index is 456. The number of carbonyl (C=O) groups is 1. The molecule has 0 radical (unpaired) electrons. The SMILES string of the molecule is CCOc1cccc(CC2(C(C)C)CCC(=O)N2)c1. The molecule has 1 aromatic carbocycles. The molecule has 1 aliphatic heterocycles. The van der Waals surface area contributed by atoms with Crippen molar-refractivity contribution in [2.24, 2.45) is 5.92 Å². The van der Waals surface area contributed by atoms with Crippen molar-refractivity contribution in [2.45, 2.75) is 45.6 Å². The van der Waals surface area contributed by atoms with E-state index in [-0.39, 0.29) is 11.4 Å². The summed E-state index contributed by atoms with van der Waals surface area (Å²) in [5.41, 5.74) is 1.13. The minimum atomic E-state index is -0.0953. The molecule has 104 valence electrons. The number of ether oxygens (including phenoxy) is 1. The number of nitrogens with one attached hydrogen (secondary N) is 1. The molecule has 1 fully saturated rings. The second kappa shape index (κ2) is 5.64. The number of rotatable bonds is 5. The Hall–Kier alpha value is -1.51. The first-order valence-corrected chi connectivity index (χ1v) is 7.08. The number of hydrogen-bond acceptors (Lipinski definition) is 2. The van der Waals surface area contributed by atoms with Gasteiger partial charge < -0.3 is 10.1 Å². The molecule has 3 nitrogen and oxygen atoms in total. The van der Waals surface area contributed by atoms with Crippen molar-refractivity contribution in [1.29, 1.82) is 0 Å². The van der Waals surface area contributed by atoms with Crippen LogP contribution in [-0.2, 0) is 11.2 Å². The molecule has 2 rings (SSSR count). The molecule has 0 aromatic heterocycles. The first-order valence-electron chi connectivity index (χ1n) is 7.08. The summed E-state index contributed by atoms with van der Waals surface area (Å²) in [5.74, 6) is 1.51. The van der Waals surface area contributed by atoms with E-state index in [0.717, 1.165) is 18.6 Å². The lowest BCUT2D eigenvalue weighted by Gasteiger charge is -2.33. The third kappa shape index (κ3) is 3.09. The fourth-order valence-electron chi connectivity index (χ4n) is 2.79. The minimum Gasteiger partial charge on any atom is -0.494 e. The van der Waals surface area contributed by atoms with E-state index in [1.54, 1.807) is 0 Å². The highest BCUT2D eigenvalue weighted by Gasteiger charge is 2.40. The maximum Gasteiger partial charge on any atom is 0.220 e. The van der Waals surface area contributed by atoms with E-state index in [1.165, 1.54) is 5.56 Å². The van der Waals surface area contributed by atoms with Gasteiger partial charge in [-0.25, -0.2) is 0 Å². The zero-order chi connectivity index (χ0) is 13.9. The summed E-state index contributed by atoms with van der Waals surface area (Å²) >= 11 is 0. The zero-order valence-electron chi connectivity index (χ0n) is 12.0. The van der Waals surface area contributed by atoms with E-state index in [1.807, 2.05) is 19.1 Å². The maximum absolute atomic E-state index is 11.6.